The number of nitrogens with zero attached hydrogens (tertiary/aromatic N) is 3. The van der Waals surface area contributed by atoms with Crippen LogP contribution in [0.1, 0.15) is 17.0 Å². The van der Waals surface area contributed by atoms with Crippen LogP contribution in [-0.4, -0.2) is 24.1 Å². The van der Waals surface area contributed by atoms with E-state index in [4.69, 9.17) is 5.73 Å². The van der Waals surface area contributed by atoms with E-state index in [1.807, 2.05) is 18.2 Å². The van der Waals surface area contributed by atoms with E-state index in [0.717, 1.165) is 5.57 Å². The highest BCUT2D eigenvalue weighted by Crippen LogP contribution is 2.42. The molecule has 0 amide bonds. The van der Waals surface area contributed by atoms with Crippen molar-refractivity contribution in [3.05, 3.63) is 53.1 Å². The van der Waals surface area contributed by atoms with E-state index in [-0.39, 0.29) is 5.92 Å². The van der Waals surface area contributed by atoms with Gasteiger partial charge in [-0.3, -0.25) is 0 Å². The van der Waals surface area contributed by atoms with Crippen LogP contribution in [-0.2, 0) is 0 Å². The Hall–Kier alpha value is -2.33. The lowest BCUT2D eigenvalue weighted by atomic mass is 9.82. The fourth-order valence-electron chi connectivity index (χ4n) is 2.87. The maximum Gasteiger partial charge on any atom is 0.160 e. The van der Waals surface area contributed by atoms with E-state index in [9.17, 15) is 0 Å². The summed E-state index contributed by atoms with van der Waals surface area (Å²) in [6.45, 7) is 0. The first-order chi connectivity index (χ1) is 9.29. The summed E-state index contributed by atoms with van der Waals surface area (Å²) in [6.07, 6.45) is 9.37. The lowest BCUT2D eigenvalue weighted by Crippen LogP contribution is -2.48. The molecule has 1 aromatic carbocycles. The van der Waals surface area contributed by atoms with Crippen molar-refractivity contribution in [3.63, 3.8) is 0 Å². The molecule has 2 atom stereocenters. The summed E-state index contributed by atoms with van der Waals surface area (Å²) in [6, 6.07) is 8.26. The highest BCUT2D eigenvalue weighted by Gasteiger charge is 2.43. The zero-order chi connectivity index (χ0) is 12.9. The van der Waals surface area contributed by atoms with Crippen LogP contribution in [0.15, 0.2) is 57.0 Å². The van der Waals surface area contributed by atoms with Gasteiger partial charge in [-0.1, -0.05) is 36.4 Å². The Labute approximate surface area is 110 Å². The first-order valence-corrected chi connectivity index (χ1v) is 6.22. The molecule has 1 aliphatic carbocycles. The van der Waals surface area contributed by atoms with E-state index >= 15 is 0 Å². The number of nitrogens with two attached hydrogens (primary N) is 1. The molecule has 92 valence electrons. The fourth-order valence-corrected chi connectivity index (χ4v) is 2.87. The largest absolute Gasteiger partial charge is 0.302 e. The van der Waals surface area contributed by atoms with Crippen molar-refractivity contribution >= 4 is 24.5 Å². The lowest BCUT2D eigenvalue weighted by molar-refractivity contribution is 0.489. The number of hydrogen-bond donors (Lipinski definition) is 1. The van der Waals surface area contributed by atoms with Gasteiger partial charge in [0.2, 0.25) is 0 Å². The average molecular weight is 248 g/mol. The Morgan fingerprint density at radius 1 is 1.21 bits per heavy atom. The topological polar surface area (TPSA) is 63.1 Å². The standard InChI is InChI=1S/C15H12N4/c16-15(13-7-8-17-14(13)18-9-19-15)12-6-5-10-3-1-2-4-11(10)12/h1-9,12H,16H2. The normalized spacial score (nSPS) is 30.1. The monoisotopic (exact) mass is 248 g/mol. The van der Waals surface area contributed by atoms with Crippen molar-refractivity contribution in [1.29, 1.82) is 0 Å². The summed E-state index contributed by atoms with van der Waals surface area (Å²) in [5.41, 5.74) is 9.08. The van der Waals surface area contributed by atoms with E-state index < -0.39 is 5.66 Å². The van der Waals surface area contributed by atoms with E-state index in [2.05, 4.69) is 39.3 Å². The van der Waals surface area contributed by atoms with Crippen LogP contribution >= 0.6 is 0 Å². The molecule has 2 aliphatic heterocycles. The van der Waals surface area contributed by atoms with Gasteiger partial charge in [-0.25, -0.2) is 15.0 Å². The number of amidine groups is 1. The minimum absolute atomic E-state index is 0.0263. The van der Waals surface area contributed by atoms with Gasteiger partial charge in [0.15, 0.2) is 5.84 Å². The summed E-state index contributed by atoms with van der Waals surface area (Å²) in [7, 11) is 0. The Morgan fingerprint density at radius 2 is 2.11 bits per heavy atom. The number of rotatable bonds is 1. The third-order valence-electron chi connectivity index (χ3n) is 3.84. The summed E-state index contributed by atoms with van der Waals surface area (Å²) < 4.78 is 0. The molecule has 0 bridgehead atoms. The molecule has 0 saturated carbocycles. The van der Waals surface area contributed by atoms with Gasteiger partial charge >= 0.3 is 0 Å². The molecule has 0 saturated heterocycles. The second kappa shape index (κ2) is 3.59. The number of allylic oxidation sites excluding steroid dienone is 1. The van der Waals surface area contributed by atoms with Gasteiger partial charge < -0.3 is 5.73 Å². The third-order valence-corrected chi connectivity index (χ3v) is 3.84. The first kappa shape index (κ1) is 10.6. The van der Waals surface area contributed by atoms with Gasteiger partial charge in [0.25, 0.3) is 0 Å². The van der Waals surface area contributed by atoms with Crippen LogP contribution in [0.2, 0.25) is 0 Å². The van der Waals surface area contributed by atoms with Crippen LogP contribution < -0.4 is 5.73 Å². The quantitative estimate of drug-likeness (QED) is 0.810. The molecule has 0 fully saturated rings. The zero-order valence-electron chi connectivity index (χ0n) is 10.2. The van der Waals surface area contributed by atoms with E-state index in [1.165, 1.54) is 17.5 Å². The summed E-state index contributed by atoms with van der Waals surface area (Å²) in [5.74, 6) is 0.702. The van der Waals surface area contributed by atoms with Gasteiger partial charge in [-0.15, -0.1) is 0 Å². The zero-order valence-corrected chi connectivity index (χ0v) is 10.2. The van der Waals surface area contributed by atoms with E-state index in [1.54, 1.807) is 6.21 Å². The molecule has 2 unspecified atom stereocenters. The third kappa shape index (κ3) is 1.34. The molecule has 19 heavy (non-hydrogen) atoms. The Bertz CT molecular complexity index is 709. The Balaban J connectivity index is 1.84. The molecule has 1 aromatic rings. The molecular weight excluding hydrogens is 236 g/mol. The maximum absolute atomic E-state index is 6.59. The fraction of sp³-hybridized carbons (Fsp3) is 0.133. The minimum Gasteiger partial charge on any atom is -0.302 e. The second-order valence-corrected chi connectivity index (χ2v) is 4.85. The molecule has 0 spiro atoms. The SMILES string of the molecule is NC1(C2C=Cc3ccccc32)N=CN=C2N=CC=C21. The number of fused-ring (bicyclic) bond motifs is 2. The van der Waals surface area contributed by atoms with Crippen LogP contribution in [0, 0.1) is 0 Å². The van der Waals surface area contributed by atoms with Crippen LogP contribution in [0.4, 0.5) is 0 Å². The molecule has 4 nitrogen and oxygen atoms in total. The van der Waals surface area contributed by atoms with Crippen molar-refractivity contribution < 1.29 is 0 Å². The predicted molar refractivity (Wildman–Crippen MR) is 77.6 cm³/mol. The molecule has 0 radical (unpaired) electrons. The summed E-state index contributed by atoms with van der Waals surface area (Å²) >= 11 is 0. The van der Waals surface area contributed by atoms with Crippen molar-refractivity contribution in [1.82, 2.24) is 0 Å². The highest BCUT2D eigenvalue weighted by atomic mass is 15.1. The van der Waals surface area contributed by atoms with Crippen LogP contribution in [0.25, 0.3) is 6.08 Å². The predicted octanol–water partition coefficient (Wildman–Crippen LogP) is 1.90. The maximum atomic E-state index is 6.59. The van der Waals surface area contributed by atoms with Gasteiger partial charge in [-0.2, -0.15) is 0 Å². The van der Waals surface area contributed by atoms with Crippen LogP contribution in [0.5, 0.6) is 0 Å². The number of aliphatic imine (C=N–C) groups is 3. The van der Waals surface area contributed by atoms with Gasteiger partial charge in [0, 0.05) is 17.7 Å². The second-order valence-electron chi connectivity index (χ2n) is 4.85. The molecule has 2 heterocycles. The molecular formula is C15H12N4. The van der Waals surface area contributed by atoms with Crippen molar-refractivity contribution in [2.75, 3.05) is 0 Å². The molecule has 0 aromatic heterocycles. The summed E-state index contributed by atoms with van der Waals surface area (Å²) in [4.78, 5) is 12.8. The lowest BCUT2D eigenvalue weighted by Gasteiger charge is -2.33. The van der Waals surface area contributed by atoms with Gasteiger partial charge in [0.05, 0.1) is 0 Å². The minimum atomic E-state index is -0.809. The molecule has 4 rings (SSSR count). The highest BCUT2D eigenvalue weighted by molar-refractivity contribution is 6.15. The molecule has 3 aliphatic rings. The average Bonchev–Trinajstić information content (AvgIpc) is 3.06. The smallest absolute Gasteiger partial charge is 0.160 e. The van der Waals surface area contributed by atoms with Crippen LogP contribution in [0.3, 0.4) is 0 Å². The van der Waals surface area contributed by atoms with Gasteiger partial charge in [-0.05, 0) is 17.2 Å². The van der Waals surface area contributed by atoms with E-state index in [0.29, 0.717) is 5.84 Å². The van der Waals surface area contributed by atoms with Gasteiger partial charge in [0.1, 0.15) is 12.0 Å². The van der Waals surface area contributed by atoms with Crippen molar-refractivity contribution in [2.24, 2.45) is 20.7 Å². The number of hydrogen-bond acceptors (Lipinski definition) is 4. The van der Waals surface area contributed by atoms with Crippen molar-refractivity contribution in [3.8, 4) is 0 Å². The summed E-state index contributed by atoms with van der Waals surface area (Å²) in [5, 5.41) is 0. The number of benzene rings is 1. The Morgan fingerprint density at radius 3 is 3.05 bits per heavy atom. The van der Waals surface area contributed by atoms with Crippen molar-refractivity contribution in [2.45, 2.75) is 11.6 Å². The molecule has 4 heteroatoms. The molecule has 2 N–H and O–H groups in total. The first-order valence-electron chi connectivity index (χ1n) is 6.22. The Kier molecular flexibility index (Phi) is 2.00.